The van der Waals surface area contributed by atoms with Crippen LogP contribution in [0.15, 0.2) is 106 Å². The highest BCUT2D eigenvalue weighted by atomic mass is 32.2. The van der Waals surface area contributed by atoms with Crippen molar-refractivity contribution in [3.8, 4) is 0 Å². The fraction of sp³-hybridized carbons (Fsp3) is 0. The summed E-state index contributed by atoms with van der Waals surface area (Å²) in [6.07, 6.45) is 2.96. The summed E-state index contributed by atoms with van der Waals surface area (Å²) in [5.74, 6) is -1.18. The smallest absolute Gasteiger partial charge is 0.263 e. The third-order valence-corrected chi connectivity index (χ3v) is 9.91. The van der Waals surface area contributed by atoms with Crippen LogP contribution in [0.1, 0.15) is 20.7 Å². The van der Waals surface area contributed by atoms with Crippen molar-refractivity contribution >= 4 is 76.2 Å². The van der Waals surface area contributed by atoms with Crippen molar-refractivity contribution in [1.29, 1.82) is 0 Å². The first-order valence-corrected chi connectivity index (χ1v) is 16.6. The molecule has 0 saturated carbocycles. The number of hydrogen-bond acceptors (Lipinski definition) is 10. The molecule has 5 aromatic rings. The number of anilines is 4. The number of sulfonamides is 2. The molecular weight excluding hydrogens is 621 g/mol. The Labute approximate surface area is 248 Å². The van der Waals surface area contributed by atoms with E-state index in [0.717, 1.165) is 22.7 Å². The molecular formula is C26H20N6O6S4. The van der Waals surface area contributed by atoms with Gasteiger partial charge in [-0.15, -0.1) is 22.7 Å². The molecule has 0 aliphatic rings. The van der Waals surface area contributed by atoms with E-state index < -0.39 is 31.9 Å². The van der Waals surface area contributed by atoms with Crippen LogP contribution in [-0.2, 0) is 20.0 Å². The highest BCUT2D eigenvalue weighted by molar-refractivity contribution is 7.93. The number of thiazole rings is 2. The predicted octanol–water partition coefficient (Wildman–Crippen LogP) is 4.71. The van der Waals surface area contributed by atoms with Gasteiger partial charge in [0, 0.05) is 34.5 Å². The molecule has 0 fully saturated rings. The lowest BCUT2D eigenvalue weighted by molar-refractivity contribution is 0.0990. The summed E-state index contributed by atoms with van der Waals surface area (Å²) in [5.41, 5.74) is 0.770. The van der Waals surface area contributed by atoms with Crippen LogP contribution in [0.5, 0.6) is 0 Å². The van der Waals surface area contributed by atoms with Gasteiger partial charge in [0.15, 0.2) is 10.3 Å². The molecule has 2 heterocycles. The maximum absolute atomic E-state index is 13.1. The molecule has 0 spiro atoms. The summed E-state index contributed by atoms with van der Waals surface area (Å²) in [6, 6.07) is 17.2. The Hall–Kier alpha value is -4.64. The molecule has 5 rings (SSSR count). The minimum Gasteiger partial charge on any atom is -0.322 e. The van der Waals surface area contributed by atoms with Crippen molar-refractivity contribution in [3.05, 3.63) is 107 Å². The van der Waals surface area contributed by atoms with Crippen molar-refractivity contribution in [3.63, 3.8) is 0 Å². The molecule has 2 aromatic heterocycles. The molecule has 0 bridgehead atoms. The number of hydrogen-bond donors (Lipinski definition) is 4. The third kappa shape index (κ3) is 6.80. The average molecular weight is 641 g/mol. The summed E-state index contributed by atoms with van der Waals surface area (Å²) in [5, 5.41) is 9.06. The predicted molar refractivity (Wildman–Crippen MR) is 161 cm³/mol. The number of amides is 2. The maximum atomic E-state index is 13.1. The lowest BCUT2D eigenvalue weighted by Gasteiger charge is -2.12. The number of benzene rings is 3. The standard InChI is InChI=1S/C26H20N6O6S4/c33-23(29-17-5-9-19(10-6-17)41(35,36)31-25-27-13-15-39-25)21-3-1-2-4-22(21)24(34)30-18-7-11-20(12-8-18)42(37,38)32-26-28-14-16-40-26/h1-16H,(H,27,31)(H,28,32)(H,29,33)(H,30,34). The van der Waals surface area contributed by atoms with Gasteiger partial charge in [-0.3, -0.25) is 19.0 Å². The van der Waals surface area contributed by atoms with E-state index in [9.17, 15) is 26.4 Å². The van der Waals surface area contributed by atoms with Gasteiger partial charge in [-0.25, -0.2) is 26.8 Å². The number of aromatic nitrogens is 2. The fourth-order valence-corrected chi connectivity index (χ4v) is 7.18. The molecule has 4 N–H and O–H groups in total. The lowest BCUT2D eigenvalue weighted by Crippen LogP contribution is -2.20. The van der Waals surface area contributed by atoms with E-state index in [4.69, 9.17) is 0 Å². The van der Waals surface area contributed by atoms with Crippen LogP contribution in [0.3, 0.4) is 0 Å². The molecule has 0 unspecified atom stereocenters. The van der Waals surface area contributed by atoms with Crippen molar-refractivity contribution < 1.29 is 26.4 Å². The lowest BCUT2D eigenvalue weighted by atomic mass is 10.1. The van der Waals surface area contributed by atoms with Gasteiger partial charge in [0.2, 0.25) is 0 Å². The largest absolute Gasteiger partial charge is 0.322 e. The molecule has 214 valence electrons. The van der Waals surface area contributed by atoms with Crippen LogP contribution >= 0.6 is 22.7 Å². The van der Waals surface area contributed by atoms with E-state index in [1.165, 1.54) is 73.1 Å². The van der Waals surface area contributed by atoms with Gasteiger partial charge in [-0.2, -0.15) is 0 Å². The van der Waals surface area contributed by atoms with E-state index in [-0.39, 0.29) is 31.2 Å². The van der Waals surface area contributed by atoms with Crippen LogP contribution in [-0.4, -0.2) is 38.6 Å². The van der Waals surface area contributed by atoms with E-state index in [0.29, 0.717) is 11.4 Å². The molecule has 16 heteroatoms. The Morgan fingerprint density at radius 3 is 1.29 bits per heavy atom. The Morgan fingerprint density at radius 2 is 0.952 bits per heavy atom. The second-order valence-corrected chi connectivity index (χ2v) is 13.5. The molecule has 2 amide bonds. The number of carbonyl (C=O) groups is 2. The average Bonchev–Trinajstić information content (AvgIpc) is 3.68. The normalized spacial score (nSPS) is 11.4. The zero-order chi connectivity index (χ0) is 29.7. The molecule has 0 aliphatic carbocycles. The minimum absolute atomic E-state index is 0.0201. The van der Waals surface area contributed by atoms with Gasteiger partial charge < -0.3 is 10.6 Å². The zero-order valence-electron chi connectivity index (χ0n) is 21.2. The molecule has 0 saturated heterocycles. The van der Waals surface area contributed by atoms with Crippen LogP contribution in [0, 0.1) is 0 Å². The summed E-state index contributed by atoms with van der Waals surface area (Å²) in [6.45, 7) is 0. The summed E-state index contributed by atoms with van der Waals surface area (Å²) < 4.78 is 54.9. The van der Waals surface area contributed by atoms with Crippen LogP contribution in [0.25, 0.3) is 0 Å². The Kier molecular flexibility index (Phi) is 8.30. The maximum Gasteiger partial charge on any atom is 0.263 e. The van der Waals surface area contributed by atoms with Crippen LogP contribution in [0.4, 0.5) is 21.6 Å². The highest BCUT2D eigenvalue weighted by Gasteiger charge is 2.20. The number of rotatable bonds is 10. The van der Waals surface area contributed by atoms with Gasteiger partial charge in [-0.1, -0.05) is 12.1 Å². The van der Waals surface area contributed by atoms with Crippen molar-refractivity contribution in [2.24, 2.45) is 0 Å². The molecule has 3 aromatic carbocycles. The first kappa shape index (κ1) is 28.9. The first-order chi connectivity index (χ1) is 20.1. The topological polar surface area (TPSA) is 176 Å². The summed E-state index contributed by atoms with van der Waals surface area (Å²) in [7, 11) is -7.72. The quantitative estimate of drug-likeness (QED) is 0.170. The Bertz CT molecular complexity index is 1780. The molecule has 12 nitrogen and oxygen atoms in total. The summed E-state index contributed by atoms with van der Waals surface area (Å²) >= 11 is 2.28. The third-order valence-electron chi connectivity index (χ3n) is 5.57. The van der Waals surface area contributed by atoms with Gasteiger partial charge in [0.05, 0.1) is 20.9 Å². The number of carbonyl (C=O) groups excluding carboxylic acids is 2. The molecule has 42 heavy (non-hydrogen) atoms. The van der Waals surface area contributed by atoms with Crippen molar-refractivity contribution in [2.45, 2.75) is 9.79 Å². The SMILES string of the molecule is O=C(Nc1ccc(S(=O)(=O)Nc2nccs2)cc1)c1ccccc1C(=O)Nc1ccc(S(=O)(=O)Nc2nccs2)cc1. The van der Waals surface area contributed by atoms with E-state index in [1.54, 1.807) is 22.9 Å². The van der Waals surface area contributed by atoms with E-state index in [2.05, 4.69) is 30.0 Å². The monoisotopic (exact) mass is 640 g/mol. The van der Waals surface area contributed by atoms with E-state index >= 15 is 0 Å². The van der Waals surface area contributed by atoms with Crippen LogP contribution in [0.2, 0.25) is 0 Å². The van der Waals surface area contributed by atoms with Gasteiger partial charge in [0.1, 0.15) is 0 Å². The van der Waals surface area contributed by atoms with Crippen molar-refractivity contribution in [2.75, 3.05) is 20.1 Å². The van der Waals surface area contributed by atoms with Gasteiger partial charge >= 0.3 is 0 Å². The first-order valence-electron chi connectivity index (χ1n) is 11.9. The Balaban J connectivity index is 1.25. The Morgan fingerprint density at radius 1 is 0.571 bits per heavy atom. The second-order valence-electron chi connectivity index (χ2n) is 8.39. The van der Waals surface area contributed by atoms with Crippen molar-refractivity contribution in [1.82, 2.24) is 9.97 Å². The van der Waals surface area contributed by atoms with Gasteiger partial charge in [-0.05, 0) is 60.7 Å². The molecule has 0 atom stereocenters. The molecule has 0 radical (unpaired) electrons. The number of nitrogens with one attached hydrogen (secondary N) is 4. The van der Waals surface area contributed by atoms with Crippen LogP contribution < -0.4 is 20.1 Å². The molecule has 0 aliphatic heterocycles. The second kappa shape index (κ2) is 12.1. The fourth-order valence-electron chi connectivity index (χ4n) is 3.61. The zero-order valence-corrected chi connectivity index (χ0v) is 24.5. The van der Waals surface area contributed by atoms with E-state index in [1.807, 2.05) is 0 Å². The minimum atomic E-state index is -3.86. The highest BCUT2D eigenvalue weighted by Crippen LogP contribution is 2.22. The summed E-state index contributed by atoms with van der Waals surface area (Å²) in [4.78, 5) is 33.9. The van der Waals surface area contributed by atoms with Gasteiger partial charge in [0.25, 0.3) is 31.9 Å². The number of nitrogens with zero attached hydrogens (tertiary/aromatic N) is 2.